The van der Waals surface area contributed by atoms with Gasteiger partial charge < -0.3 is 10.1 Å². The standard InChI is InChI=1S/C14H16N2O/c1-6-13-12(5-3-9-16-13)14(7-1)17-11-4-2-8-15-10-11/h1,3,5-7,9,11,15H,2,4,8,10H2. The van der Waals surface area contributed by atoms with Crippen molar-refractivity contribution in [3.63, 3.8) is 0 Å². The molecule has 17 heavy (non-hydrogen) atoms. The van der Waals surface area contributed by atoms with E-state index in [2.05, 4.69) is 16.4 Å². The summed E-state index contributed by atoms with van der Waals surface area (Å²) in [6.45, 7) is 2.05. The fourth-order valence-electron chi connectivity index (χ4n) is 2.28. The lowest BCUT2D eigenvalue weighted by Gasteiger charge is -2.24. The van der Waals surface area contributed by atoms with Gasteiger partial charge in [-0.2, -0.15) is 0 Å². The third-order valence-corrected chi connectivity index (χ3v) is 3.15. The van der Waals surface area contributed by atoms with E-state index in [1.807, 2.05) is 30.5 Å². The Labute approximate surface area is 101 Å². The third kappa shape index (κ3) is 2.24. The fourth-order valence-corrected chi connectivity index (χ4v) is 2.28. The number of aromatic nitrogens is 1. The van der Waals surface area contributed by atoms with Gasteiger partial charge in [-0.1, -0.05) is 6.07 Å². The van der Waals surface area contributed by atoms with Crippen LogP contribution in [0.25, 0.3) is 10.9 Å². The highest BCUT2D eigenvalue weighted by Gasteiger charge is 2.15. The molecule has 1 aliphatic rings. The van der Waals surface area contributed by atoms with Gasteiger partial charge in [-0.15, -0.1) is 0 Å². The molecule has 1 saturated heterocycles. The molecule has 0 spiro atoms. The number of nitrogens with zero attached hydrogens (tertiary/aromatic N) is 1. The SMILES string of the molecule is c1cc(OC2CCCNC2)c2cccnc2c1. The van der Waals surface area contributed by atoms with E-state index in [9.17, 15) is 0 Å². The van der Waals surface area contributed by atoms with Crippen LogP contribution >= 0.6 is 0 Å². The molecule has 2 aromatic rings. The first-order chi connectivity index (χ1) is 8.43. The minimum Gasteiger partial charge on any atom is -0.488 e. The van der Waals surface area contributed by atoms with Gasteiger partial charge in [0.15, 0.2) is 0 Å². The lowest BCUT2D eigenvalue weighted by atomic mass is 10.1. The zero-order chi connectivity index (χ0) is 11.5. The molecule has 0 bridgehead atoms. The van der Waals surface area contributed by atoms with Crippen LogP contribution in [0.3, 0.4) is 0 Å². The number of hydrogen-bond donors (Lipinski definition) is 1. The second kappa shape index (κ2) is 4.72. The van der Waals surface area contributed by atoms with Crippen molar-refractivity contribution < 1.29 is 4.74 Å². The Morgan fingerprint density at radius 1 is 1.24 bits per heavy atom. The Morgan fingerprint density at radius 2 is 2.24 bits per heavy atom. The number of ether oxygens (including phenoxy) is 1. The van der Waals surface area contributed by atoms with Crippen LogP contribution in [0.4, 0.5) is 0 Å². The van der Waals surface area contributed by atoms with E-state index in [0.29, 0.717) is 0 Å². The number of fused-ring (bicyclic) bond motifs is 1. The summed E-state index contributed by atoms with van der Waals surface area (Å²) in [6, 6.07) is 10.1. The van der Waals surface area contributed by atoms with Crippen LogP contribution in [0.5, 0.6) is 5.75 Å². The van der Waals surface area contributed by atoms with E-state index in [4.69, 9.17) is 4.74 Å². The number of nitrogens with one attached hydrogen (secondary N) is 1. The molecule has 1 aromatic carbocycles. The Balaban J connectivity index is 1.89. The van der Waals surface area contributed by atoms with Crippen LogP contribution in [0.15, 0.2) is 36.5 Å². The zero-order valence-corrected chi connectivity index (χ0v) is 9.73. The van der Waals surface area contributed by atoms with Gasteiger partial charge in [-0.3, -0.25) is 4.98 Å². The second-order valence-electron chi connectivity index (χ2n) is 4.41. The van der Waals surface area contributed by atoms with E-state index < -0.39 is 0 Å². The summed E-state index contributed by atoms with van der Waals surface area (Å²) in [7, 11) is 0. The minimum absolute atomic E-state index is 0.287. The summed E-state index contributed by atoms with van der Waals surface area (Å²) in [4.78, 5) is 4.34. The largest absolute Gasteiger partial charge is 0.488 e. The molecule has 2 heterocycles. The number of rotatable bonds is 2. The van der Waals surface area contributed by atoms with E-state index in [1.165, 1.54) is 6.42 Å². The van der Waals surface area contributed by atoms with E-state index >= 15 is 0 Å². The number of pyridine rings is 1. The van der Waals surface area contributed by atoms with Crippen LogP contribution in [-0.4, -0.2) is 24.2 Å². The normalized spacial score (nSPS) is 20.4. The van der Waals surface area contributed by atoms with Crippen molar-refractivity contribution in [1.82, 2.24) is 10.3 Å². The molecule has 0 saturated carbocycles. The van der Waals surface area contributed by atoms with Crippen molar-refractivity contribution in [3.8, 4) is 5.75 Å². The predicted octanol–water partition coefficient (Wildman–Crippen LogP) is 2.37. The summed E-state index contributed by atoms with van der Waals surface area (Å²) in [6.07, 6.45) is 4.42. The summed E-state index contributed by atoms with van der Waals surface area (Å²) >= 11 is 0. The first-order valence-electron chi connectivity index (χ1n) is 6.14. The molecule has 1 aliphatic heterocycles. The highest BCUT2D eigenvalue weighted by atomic mass is 16.5. The van der Waals surface area contributed by atoms with Gasteiger partial charge in [0.1, 0.15) is 11.9 Å². The smallest absolute Gasteiger partial charge is 0.129 e. The van der Waals surface area contributed by atoms with Crippen LogP contribution in [0.1, 0.15) is 12.8 Å². The van der Waals surface area contributed by atoms with Crippen molar-refractivity contribution in [2.75, 3.05) is 13.1 Å². The third-order valence-electron chi connectivity index (χ3n) is 3.15. The molecule has 1 N–H and O–H groups in total. The minimum atomic E-state index is 0.287. The molecule has 1 aromatic heterocycles. The van der Waals surface area contributed by atoms with Gasteiger partial charge in [-0.05, 0) is 43.7 Å². The molecule has 88 valence electrons. The van der Waals surface area contributed by atoms with Gasteiger partial charge in [0.25, 0.3) is 0 Å². The van der Waals surface area contributed by atoms with Gasteiger partial charge in [0.05, 0.1) is 5.52 Å². The quantitative estimate of drug-likeness (QED) is 0.856. The van der Waals surface area contributed by atoms with Crippen LogP contribution < -0.4 is 10.1 Å². The van der Waals surface area contributed by atoms with Gasteiger partial charge in [0.2, 0.25) is 0 Å². The molecular weight excluding hydrogens is 212 g/mol. The fraction of sp³-hybridized carbons (Fsp3) is 0.357. The van der Waals surface area contributed by atoms with Crippen LogP contribution in [-0.2, 0) is 0 Å². The van der Waals surface area contributed by atoms with E-state index in [0.717, 1.165) is 36.2 Å². The Morgan fingerprint density at radius 3 is 3.12 bits per heavy atom. The number of piperidine rings is 1. The lowest BCUT2D eigenvalue weighted by Crippen LogP contribution is -2.37. The number of hydrogen-bond acceptors (Lipinski definition) is 3. The average Bonchev–Trinajstić information content (AvgIpc) is 2.40. The molecule has 0 aliphatic carbocycles. The van der Waals surface area contributed by atoms with E-state index in [-0.39, 0.29) is 6.10 Å². The monoisotopic (exact) mass is 228 g/mol. The average molecular weight is 228 g/mol. The topological polar surface area (TPSA) is 34.1 Å². The Bertz CT molecular complexity index is 501. The first-order valence-corrected chi connectivity index (χ1v) is 6.14. The summed E-state index contributed by atoms with van der Waals surface area (Å²) in [5.41, 5.74) is 0.994. The van der Waals surface area contributed by atoms with Gasteiger partial charge in [-0.25, -0.2) is 0 Å². The van der Waals surface area contributed by atoms with Crippen LogP contribution in [0, 0.1) is 0 Å². The Kier molecular flexibility index (Phi) is 2.92. The molecular formula is C14H16N2O. The molecule has 0 amide bonds. The first kappa shape index (κ1) is 10.5. The molecule has 3 heteroatoms. The summed E-state index contributed by atoms with van der Waals surface area (Å²) < 4.78 is 6.07. The Hall–Kier alpha value is -1.61. The maximum absolute atomic E-state index is 6.07. The highest BCUT2D eigenvalue weighted by molar-refractivity contribution is 5.84. The molecule has 0 radical (unpaired) electrons. The summed E-state index contributed by atoms with van der Waals surface area (Å²) in [5.74, 6) is 0.948. The van der Waals surface area contributed by atoms with Gasteiger partial charge in [0, 0.05) is 18.1 Å². The van der Waals surface area contributed by atoms with Crippen molar-refractivity contribution in [3.05, 3.63) is 36.5 Å². The molecule has 1 atom stereocenters. The predicted molar refractivity (Wildman–Crippen MR) is 68.3 cm³/mol. The zero-order valence-electron chi connectivity index (χ0n) is 9.73. The lowest BCUT2D eigenvalue weighted by molar-refractivity contribution is 0.169. The van der Waals surface area contributed by atoms with Crippen molar-refractivity contribution in [2.24, 2.45) is 0 Å². The second-order valence-corrected chi connectivity index (χ2v) is 4.41. The molecule has 3 nitrogen and oxygen atoms in total. The van der Waals surface area contributed by atoms with Crippen molar-refractivity contribution >= 4 is 10.9 Å². The maximum atomic E-state index is 6.07. The van der Waals surface area contributed by atoms with E-state index in [1.54, 1.807) is 0 Å². The van der Waals surface area contributed by atoms with Gasteiger partial charge >= 0.3 is 0 Å². The van der Waals surface area contributed by atoms with Crippen molar-refractivity contribution in [1.29, 1.82) is 0 Å². The summed E-state index contributed by atoms with van der Waals surface area (Å²) in [5, 5.41) is 4.46. The highest BCUT2D eigenvalue weighted by Crippen LogP contribution is 2.25. The molecule has 1 unspecified atom stereocenters. The molecule has 1 fully saturated rings. The maximum Gasteiger partial charge on any atom is 0.129 e. The van der Waals surface area contributed by atoms with Crippen molar-refractivity contribution in [2.45, 2.75) is 18.9 Å². The van der Waals surface area contributed by atoms with Crippen LogP contribution in [0.2, 0.25) is 0 Å². The number of benzene rings is 1. The molecule has 3 rings (SSSR count).